The van der Waals surface area contributed by atoms with Gasteiger partial charge in [-0.15, -0.1) is 0 Å². The van der Waals surface area contributed by atoms with Crippen LogP contribution in [-0.4, -0.2) is 43.0 Å². The Morgan fingerprint density at radius 2 is 1.69 bits per heavy atom. The molecular formula is C23H31N3O3. The molecule has 156 valence electrons. The Bertz CT molecular complexity index is 814. The summed E-state index contributed by atoms with van der Waals surface area (Å²) in [6, 6.07) is 13.3. The van der Waals surface area contributed by atoms with Gasteiger partial charge in [-0.05, 0) is 63.6 Å². The smallest absolute Gasteiger partial charge is 0.243 e. The van der Waals surface area contributed by atoms with E-state index in [9.17, 15) is 9.59 Å². The van der Waals surface area contributed by atoms with Crippen LogP contribution in [0, 0.1) is 13.8 Å². The second-order valence-corrected chi connectivity index (χ2v) is 7.20. The number of carbonyl (C=O) groups excluding carboxylic acids is 2. The molecule has 0 aliphatic heterocycles. The summed E-state index contributed by atoms with van der Waals surface area (Å²) < 4.78 is 5.45. The average Bonchev–Trinajstić information content (AvgIpc) is 2.70. The maximum absolute atomic E-state index is 12.5. The molecule has 29 heavy (non-hydrogen) atoms. The number of para-hydroxylation sites is 1. The van der Waals surface area contributed by atoms with Gasteiger partial charge in [0, 0.05) is 12.2 Å². The van der Waals surface area contributed by atoms with Crippen LogP contribution >= 0.6 is 0 Å². The number of hydrogen-bond acceptors (Lipinski definition) is 4. The maximum atomic E-state index is 12.5. The molecular weight excluding hydrogens is 366 g/mol. The summed E-state index contributed by atoms with van der Waals surface area (Å²) in [6.45, 7) is 8.85. The quantitative estimate of drug-likeness (QED) is 0.681. The lowest BCUT2D eigenvalue weighted by molar-refractivity contribution is -0.127. The van der Waals surface area contributed by atoms with E-state index < -0.39 is 0 Å². The number of amides is 2. The molecule has 2 rings (SSSR count). The molecule has 0 heterocycles. The topological polar surface area (TPSA) is 70.7 Å². The number of aryl methyl sites for hydroxylation is 2. The number of nitrogens with one attached hydrogen (secondary N) is 2. The van der Waals surface area contributed by atoms with Gasteiger partial charge < -0.3 is 15.4 Å². The van der Waals surface area contributed by atoms with Crippen molar-refractivity contribution in [1.29, 1.82) is 0 Å². The van der Waals surface area contributed by atoms with Crippen LogP contribution in [0.25, 0.3) is 0 Å². The van der Waals surface area contributed by atoms with Gasteiger partial charge >= 0.3 is 0 Å². The van der Waals surface area contributed by atoms with Crippen molar-refractivity contribution in [1.82, 2.24) is 10.2 Å². The molecule has 2 aromatic rings. The zero-order chi connectivity index (χ0) is 21.4. The fraction of sp³-hybridized carbons (Fsp3) is 0.391. The van der Waals surface area contributed by atoms with Gasteiger partial charge in [0.1, 0.15) is 5.75 Å². The van der Waals surface area contributed by atoms with Gasteiger partial charge in [-0.25, -0.2) is 0 Å². The molecule has 1 atom stereocenters. The van der Waals surface area contributed by atoms with Crippen molar-refractivity contribution in [2.24, 2.45) is 0 Å². The van der Waals surface area contributed by atoms with Crippen molar-refractivity contribution in [3.8, 4) is 5.75 Å². The normalized spacial score (nSPS) is 11.8. The Balaban J connectivity index is 1.83. The minimum atomic E-state index is -0.366. The number of benzene rings is 2. The molecule has 6 heteroatoms. The Morgan fingerprint density at radius 1 is 1.07 bits per heavy atom. The van der Waals surface area contributed by atoms with Gasteiger partial charge in [-0.3, -0.25) is 14.5 Å². The van der Waals surface area contributed by atoms with E-state index in [1.807, 2.05) is 82.1 Å². The van der Waals surface area contributed by atoms with Crippen LogP contribution < -0.4 is 15.4 Å². The lowest BCUT2D eigenvalue weighted by Crippen LogP contribution is -2.45. The van der Waals surface area contributed by atoms with Crippen LogP contribution in [0.3, 0.4) is 0 Å². The highest BCUT2D eigenvalue weighted by Crippen LogP contribution is 2.19. The SMILES string of the molecule is CCOc1ccc(CN(C)[C@H](C)C(=O)NCC(=O)Nc2c(C)cccc2C)cc1. The van der Waals surface area contributed by atoms with Crippen LogP contribution in [0.1, 0.15) is 30.5 Å². The number of carbonyl (C=O) groups is 2. The Morgan fingerprint density at radius 3 is 2.28 bits per heavy atom. The van der Waals surface area contributed by atoms with Crippen molar-refractivity contribution in [3.05, 3.63) is 59.2 Å². The molecule has 2 N–H and O–H groups in total. The molecule has 0 aliphatic carbocycles. The van der Waals surface area contributed by atoms with E-state index in [2.05, 4.69) is 10.6 Å². The van der Waals surface area contributed by atoms with E-state index in [4.69, 9.17) is 4.74 Å². The van der Waals surface area contributed by atoms with E-state index in [0.717, 1.165) is 28.1 Å². The predicted octanol–water partition coefficient (Wildman–Crippen LogP) is 3.28. The maximum Gasteiger partial charge on any atom is 0.243 e. The van der Waals surface area contributed by atoms with E-state index in [-0.39, 0.29) is 24.4 Å². The van der Waals surface area contributed by atoms with Crippen LogP contribution in [-0.2, 0) is 16.1 Å². The number of anilines is 1. The highest BCUT2D eigenvalue weighted by molar-refractivity contribution is 5.96. The average molecular weight is 398 g/mol. The van der Waals surface area contributed by atoms with Crippen LogP contribution in [0.2, 0.25) is 0 Å². The fourth-order valence-electron chi connectivity index (χ4n) is 2.99. The van der Waals surface area contributed by atoms with Crippen LogP contribution in [0.4, 0.5) is 5.69 Å². The highest BCUT2D eigenvalue weighted by Gasteiger charge is 2.19. The van der Waals surface area contributed by atoms with E-state index in [0.29, 0.717) is 13.2 Å². The van der Waals surface area contributed by atoms with Crippen LogP contribution in [0.15, 0.2) is 42.5 Å². The highest BCUT2D eigenvalue weighted by atomic mass is 16.5. The molecule has 0 saturated heterocycles. The van der Waals surface area contributed by atoms with Crippen LogP contribution in [0.5, 0.6) is 5.75 Å². The standard InChI is InChI=1S/C23H31N3O3/c1-6-29-20-12-10-19(11-13-20)15-26(5)18(4)23(28)24-14-21(27)25-22-16(2)8-7-9-17(22)3/h7-13,18H,6,14-15H2,1-5H3,(H,24,28)(H,25,27)/t18-/m1/s1. The number of hydrogen-bond donors (Lipinski definition) is 2. The largest absolute Gasteiger partial charge is 0.494 e. The third-order valence-corrected chi connectivity index (χ3v) is 4.88. The summed E-state index contributed by atoms with van der Waals surface area (Å²) in [6.07, 6.45) is 0. The molecule has 0 aliphatic rings. The van der Waals surface area contributed by atoms with Crippen molar-refractivity contribution in [2.45, 2.75) is 40.3 Å². The third kappa shape index (κ3) is 6.61. The van der Waals surface area contributed by atoms with E-state index >= 15 is 0 Å². The first-order valence-electron chi connectivity index (χ1n) is 9.87. The number of likely N-dealkylation sites (N-methyl/N-ethyl adjacent to an activating group) is 1. The van der Waals surface area contributed by atoms with Gasteiger partial charge in [0.2, 0.25) is 11.8 Å². The Hall–Kier alpha value is -2.86. The zero-order valence-corrected chi connectivity index (χ0v) is 17.9. The third-order valence-electron chi connectivity index (χ3n) is 4.88. The number of rotatable bonds is 9. The summed E-state index contributed by atoms with van der Waals surface area (Å²) >= 11 is 0. The molecule has 2 aromatic carbocycles. The Kier molecular flexibility index (Phi) is 8.21. The minimum Gasteiger partial charge on any atom is -0.494 e. The molecule has 0 saturated carbocycles. The van der Waals surface area contributed by atoms with Gasteiger partial charge in [0.15, 0.2) is 0 Å². The molecule has 6 nitrogen and oxygen atoms in total. The van der Waals surface area contributed by atoms with Gasteiger partial charge in [-0.1, -0.05) is 30.3 Å². The summed E-state index contributed by atoms with van der Waals surface area (Å²) in [4.78, 5) is 26.6. The van der Waals surface area contributed by atoms with Gasteiger partial charge in [-0.2, -0.15) is 0 Å². The molecule has 0 spiro atoms. The zero-order valence-electron chi connectivity index (χ0n) is 17.9. The molecule has 0 radical (unpaired) electrons. The first-order chi connectivity index (χ1) is 13.8. The first kappa shape index (κ1) is 22.4. The van der Waals surface area contributed by atoms with Crippen molar-refractivity contribution in [2.75, 3.05) is 25.5 Å². The molecule has 0 unspecified atom stereocenters. The van der Waals surface area contributed by atoms with Crippen molar-refractivity contribution < 1.29 is 14.3 Å². The van der Waals surface area contributed by atoms with E-state index in [1.165, 1.54) is 0 Å². The minimum absolute atomic E-state index is 0.0617. The first-order valence-corrected chi connectivity index (χ1v) is 9.87. The lowest BCUT2D eigenvalue weighted by atomic mass is 10.1. The molecule has 0 bridgehead atoms. The Labute approximate surface area is 173 Å². The summed E-state index contributed by atoms with van der Waals surface area (Å²) in [5, 5.41) is 5.60. The number of ether oxygens (including phenoxy) is 1. The summed E-state index contributed by atoms with van der Waals surface area (Å²) in [5.41, 5.74) is 3.87. The predicted molar refractivity (Wildman–Crippen MR) is 116 cm³/mol. The summed E-state index contributed by atoms with van der Waals surface area (Å²) in [7, 11) is 1.89. The van der Waals surface area contributed by atoms with Gasteiger partial charge in [0.25, 0.3) is 0 Å². The summed E-state index contributed by atoms with van der Waals surface area (Å²) in [5.74, 6) is 0.409. The monoisotopic (exact) mass is 397 g/mol. The molecule has 0 aromatic heterocycles. The second kappa shape index (κ2) is 10.6. The molecule has 2 amide bonds. The second-order valence-electron chi connectivity index (χ2n) is 7.20. The lowest BCUT2D eigenvalue weighted by Gasteiger charge is -2.24. The molecule has 0 fully saturated rings. The van der Waals surface area contributed by atoms with E-state index in [1.54, 1.807) is 0 Å². The van der Waals surface area contributed by atoms with Crippen molar-refractivity contribution in [3.63, 3.8) is 0 Å². The van der Waals surface area contributed by atoms with Crippen molar-refractivity contribution >= 4 is 17.5 Å². The fourth-order valence-corrected chi connectivity index (χ4v) is 2.99. The number of nitrogens with zero attached hydrogens (tertiary/aromatic N) is 1. The van der Waals surface area contributed by atoms with Gasteiger partial charge in [0.05, 0.1) is 19.2 Å².